The molecule has 1 rings (SSSR count). The van der Waals surface area contributed by atoms with E-state index < -0.39 is 12.5 Å². The third kappa shape index (κ3) is 1.54. The van der Waals surface area contributed by atoms with Crippen molar-refractivity contribution in [3.05, 3.63) is 0 Å². The average Bonchev–Trinajstić information content (AvgIpc) is 2.30. The van der Waals surface area contributed by atoms with Crippen LogP contribution in [-0.2, 0) is 9.47 Å². The van der Waals surface area contributed by atoms with Crippen LogP contribution in [-0.4, -0.2) is 25.7 Å². The van der Waals surface area contributed by atoms with Gasteiger partial charge in [0.2, 0.25) is 0 Å². The number of halogens is 1. The fourth-order valence-corrected chi connectivity index (χ4v) is 1.48. The van der Waals surface area contributed by atoms with Gasteiger partial charge in [0.1, 0.15) is 0 Å². The Morgan fingerprint density at radius 1 is 1.55 bits per heavy atom. The summed E-state index contributed by atoms with van der Waals surface area (Å²) in [6.45, 7) is 3.85. The van der Waals surface area contributed by atoms with Crippen molar-refractivity contribution in [3.8, 4) is 0 Å². The molecule has 66 valence electrons. The van der Waals surface area contributed by atoms with Crippen molar-refractivity contribution in [2.24, 2.45) is 5.92 Å². The zero-order valence-corrected chi connectivity index (χ0v) is 7.21. The van der Waals surface area contributed by atoms with E-state index in [1.54, 1.807) is 0 Å². The lowest BCUT2D eigenvalue weighted by Gasteiger charge is -2.10. The summed E-state index contributed by atoms with van der Waals surface area (Å²) in [6.07, 6.45) is -0.739. The van der Waals surface area contributed by atoms with E-state index >= 15 is 0 Å². The molecule has 2 nitrogen and oxygen atoms in total. The molecule has 0 aromatic rings. The van der Waals surface area contributed by atoms with E-state index in [9.17, 15) is 4.39 Å². The predicted octanol–water partition coefficient (Wildman–Crippen LogP) is 1.74. The lowest BCUT2D eigenvalue weighted by Crippen LogP contribution is -2.22. The van der Waals surface area contributed by atoms with Crippen molar-refractivity contribution in [2.75, 3.05) is 7.11 Å². The van der Waals surface area contributed by atoms with Crippen molar-refractivity contribution in [1.82, 2.24) is 0 Å². The Kier molecular flexibility index (Phi) is 2.84. The number of hydrogen-bond donors (Lipinski definition) is 0. The van der Waals surface area contributed by atoms with E-state index in [1.807, 2.05) is 13.8 Å². The highest BCUT2D eigenvalue weighted by Crippen LogP contribution is 2.31. The van der Waals surface area contributed by atoms with Crippen molar-refractivity contribution >= 4 is 0 Å². The first-order valence-corrected chi connectivity index (χ1v) is 4.03. The van der Waals surface area contributed by atoms with Crippen LogP contribution in [0, 0.1) is 5.92 Å². The van der Waals surface area contributed by atoms with Crippen molar-refractivity contribution in [3.63, 3.8) is 0 Å². The average molecular weight is 162 g/mol. The second-order valence-corrected chi connectivity index (χ2v) is 2.99. The molecular formula is C8H15FO2. The maximum atomic E-state index is 13.2. The molecule has 0 amide bonds. The molecule has 1 aliphatic rings. The highest BCUT2D eigenvalue weighted by Gasteiger charge is 2.41. The lowest BCUT2D eigenvalue weighted by atomic mass is 10.0. The highest BCUT2D eigenvalue weighted by molar-refractivity contribution is 4.82. The summed E-state index contributed by atoms with van der Waals surface area (Å²) in [5.41, 5.74) is 0. The van der Waals surface area contributed by atoms with E-state index in [-0.39, 0.29) is 12.0 Å². The Morgan fingerprint density at radius 3 is 2.45 bits per heavy atom. The molecule has 0 N–H and O–H groups in total. The lowest BCUT2D eigenvalue weighted by molar-refractivity contribution is -0.135. The van der Waals surface area contributed by atoms with E-state index in [1.165, 1.54) is 7.11 Å². The third-order valence-corrected chi connectivity index (χ3v) is 2.29. The van der Waals surface area contributed by atoms with Gasteiger partial charge in [0.25, 0.3) is 0 Å². The minimum Gasteiger partial charge on any atom is -0.353 e. The number of methoxy groups -OCH3 is 1. The molecule has 0 saturated carbocycles. The molecule has 1 aliphatic heterocycles. The highest BCUT2D eigenvalue weighted by atomic mass is 19.1. The zero-order valence-electron chi connectivity index (χ0n) is 7.21. The maximum absolute atomic E-state index is 13.2. The third-order valence-electron chi connectivity index (χ3n) is 2.29. The van der Waals surface area contributed by atoms with Crippen molar-refractivity contribution in [1.29, 1.82) is 0 Å². The maximum Gasteiger partial charge on any atom is 0.189 e. The summed E-state index contributed by atoms with van der Waals surface area (Å²) < 4.78 is 23.3. The molecule has 1 unspecified atom stereocenters. The van der Waals surface area contributed by atoms with E-state index in [2.05, 4.69) is 0 Å². The van der Waals surface area contributed by atoms with Crippen molar-refractivity contribution < 1.29 is 13.9 Å². The van der Waals surface area contributed by atoms with Crippen LogP contribution in [0.25, 0.3) is 0 Å². The second-order valence-electron chi connectivity index (χ2n) is 2.99. The van der Waals surface area contributed by atoms with Crippen LogP contribution in [0.5, 0.6) is 0 Å². The molecule has 0 aliphatic carbocycles. The quantitative estimate of drug-likeness (QED) is 0.615. The second kappa shape index (κ2) is 3.50. The summed E-state index contributed by atoms with van der Waals surface area (Å²) in [5.74, 6) is -0.0371. The SMILES string of the molecule is CC[C@H]1OC(OC)[C@H](F)[C@H]1C. The Hall–Kier alpha value is -0.150. The Morgan fingerprint density at radius 2 is 2.18 bits per heavy atom. The van der Waals surface area contributed by atoms with Crippen LogP contribution in [0.2, 0.25) is 0 Å². The Balaban J connectivity index is 2.53. The normalized spacial score (nSPS) is 44.7. The van der Waals surface area contributed by atoms with Gasteiger partial charge < -0.3 is 9.47 Å². The van der Waals surface area contributed by atoms with Gasteiger partial charge in [-0.1, -0.05) is 13.8 Å². The first kappa shape index (κ1) is 8.94. The van der Waals surface area contributed by atoms with Gasteiger partial charge in [0.15, 0.2) is 12.5 Å². The monoisotopic (exact) mass is 162 g/mol. The van der Waals surface area contributed by atoms with Gasteiger partial charge >= 0.3 is 0 Å². The van der Waals surface area contributed by atoms with Crippen LogP contribution in [0.4, 0.5) is 4.39 Å². The van der Waals surface area contributed by atoms with Crippen LogP contribution >= 0.6 is 0 Å². The van der Waals surface area contributed by atoms with Gasteiger partial charge in [-0.2, -0.15) is 0 Å². The van der Waals surface area contributed by atoms with Crippen LogP contribution in [0.1, 0.15) is 20.3 Å². The molecule has 0 aromatic carbocycles. The number of hydrogen-bond acceptors (Lipinski definition) is 2. The minimum absolute atomic E-state index is 0.0231. The number of ether oxygens (including phenoxy) is 2. The molecule has 1 fully saturated rings. The zero-order chi connectivity index (χ0) is 8.43. The van der Waals surface area contributed by atoms with E-state index in [0.717, 1.165) is 6.42 Å². The van der Waals surface area contributed by atoms with Gasteiger partial charge in [-0.3, -0.25) is 0 Å². The summed E-state index contributed by atoms with van der Waals surface area (Å²) in [6, 6.07) is 0. The van der Waals surface area contributed by atoms with Crippen LogP contribution in [0.3, 0.4) is 0 Å². The predicted molar refractivity (Wildman–Crippen MR) is 40.0 cm³/mol. The summed E-state index contributed by atoms with van der Waals surface area (Å²) in [4.78, 5) is 0. The Labute approximate surface area is 66.7 Å². The first-order valence-electron chi connectivity index (χ1n) is 4.03. The van der Waals surface area contributed by atoms with Gasteiger partial charge in [0, 0.05) is 13.0 Å². The van der Waals surface area contributed by atoms with Crippen molar-refractivity contribution in [2.45, 2.75) is 38.8 Å². The minimum atomic E-state index is -0.968. The van der Waals surface area contributed by atoms with Gasteiger partial charge in [-0.15, -0.1) is 0 Å². The van der Waals surface area contributed by atoms with Crippen LogP contribution in [0.15, 0.2) is 0 Å². The molecule has 0 spiro atoms. The molecule has 1 heterocycles. The molecular weight excluding hydrogens is 147 g/mol. The summed E-state index contributed by atoms with van der Waals surface area (Å²) in [7, 11) is 1.47. The van der Waals surface area contributed by atoms with E-state index in [0.29, 0.717) is 0 Å². The molecule has 4 atom stereocenters. The fourth-order valence-electron chi connectivity index (χ4n) is 1.48. The Bertz CT molecular complexity index is 111. The van der Waals surface area contributed by atoms with Gasteiger partial charge in [-0.05, 0) is 6.42 Å². The summed E-state index contributed by atoms with van der Waals surface area (Å²) >= 11 is 0. The fraction of sp³-hybridized carbons (Fsp3) is 1.00. The molecule has 3 heteroatoms. The molecule has 1 saturated heterocycles. The van der Waals surface area contributed by atoms with E-state index in [4.69, 9.17) is 9.47 Å². The van der Waals surface area contributed by atoms with Gasteiger partial charge in [-0.25, -0.2) is 4.39 Å². The van der Waals surface area contributed by atoms with Crippen LogP contribution < -0.4 is 0 Å². The standard InChI is InChI=1S/C8H15FO2/c1-4-6-5(2)7(9)8(10-3)11-6/h5-8H,4H2,1-3H3/t5-,6+,7+,8?/m0/s1. The molecule has 0 radical (unpaired) electrons. The number of rotatable bonds is 2. The summed E-state index contributed by atoms with van der Waals surface area (Å²) in [5, 5.41) is 0. The van der Waals surface area contributed by atoms with Gasteiger partial charge in [0.05, 0.1) is 6.10 Å². The molecule has 11 heavy (non-hydrogen) atoms. The molecule has 0 aromatic heterocycles. The number of alkyl halides is 1. The first-order chi connectivity index (χ1) is 5.20. The molecule has 0 bridgehead atoms. The largest absolute Gasteiger partial charge is 0.353 e. The topological polar surface area (TPSA) is 18.5 Å². The smallest absolute Gasteiger partial charge is 0.189 e.